The quantitative estimate of drug-likeness (QED) is 0.637. The molecule has 0 saturated carbocycles. The highest BCUT2D eigenvalue weighted by molar-refractivity contribution is 7.99. The summed E-state index contributed by atoms with van der Waals surface area (Å²) in [5, 5.41) is 17.9. The minimum atomic E-state index is -0.597. The van der Waals surface area contributed by atoms with Crippen LogP contribution >= 0.6 is 11.8 Å². The third-order valence-electron chi connectivity index (χ3n) is 2.71. The van der Waals surface area contributed by atoms with E-state index in [1.165, 1.54) is 0 Å². The van der Waals surface area contributed by atoms with Gasteiger partial charge in [0.05, 0.1) is 18.3 Å². The lowest BCUT2D eigenvalue weighted by molar-refractivity contribution is -0.0290. The van der Waals surface area contributed by atoms with Gasteiger partial charge in [-0.25, -0.2) is 0 Å². The van der Waals surface area contributed by atoms with Crippen LogP contribution in [0.3, 0.4) is 0 Å². The molecule has 18 heavy (non-hydrogen) atoms. The molecular weight excluding hydrogens is 248 g/mol. The zero-order valence-electron chi connectivity index (χ0n) is 12.5. The first-order valence-corrected chi connectivity index (χ1v) is 7.82. The molecular formula is C14H30O3S. The Morgan fingerprint density at radius 3 is 2.22 bits per heavy atom. The van der Waals surface area contributed by atoms with E-state index in [9.17, 15) is 5.11 Å². The van der Waals surface area contributed by atoms with Crippen LogP contribution in [0.1, 0.15) is 47.5 Å². The summed E-state index contributed by atoms with van der Waals surface area (Å²) in [4.78, 5) is 0. The van der Waals surface area contributed by atoms with Crippen molar-refractivity contribution >= 4 is 11.8 Å². The van der Waals surface area contributed by atoms with Crippen molar-refractivity contribution in [2.24, 2.45) is 5.41 Å². The fraction of sp³-hybridized carbons (Fsp3) is 1.00. The number of aliphatic hydroxyl groups excluding tert-OH is 2. The van der Waals surface area contributed by atoms with E-state index in [2.05, 4.69) is 34.6 Å². The number of rotatable bonds is 9. The van der Waals surface area contributed by atoms with Gasteiger partial charge in [-0.2, -0.15) is 11.8 Å². The molecule has 0 bridgehead atoms. The van der Waals surface area contributed by atoms with Crippen molar-refractivity contribution in [3.63, 3.8) is 0 Å². The predicted octanol–water partition coefficient (Wildman–Crippen LogP) is 2.69. The van der Waals surface area contributed by atoms with Crippen molar-refractivity contribution in [1.82, 2.24) is 0 Å². The van der Waals surface area contributed by atoms with E-state index in [1.807, 2.05) is 0 Å². The lowest BCUT2D eigenvalue weighted by Crippen LogP contribution is -2.27. The van der Waals surface area contributed by atoms with E-state index in [0.717, 1.165) is 25.2 Å². The molecule has 110 valence electrons. The van der Waals surface area contributed by atoms with Crippen molar-refractivity contribution in [1.29, 1.82) is 0 Å². The molecule has 0 spiro atoms. The molecule has 3 nitrogen and oxygen atoms in total. The van der Waals surface area contributed by atoms with E-state index in [4.69, 9.17) is 9.84 Å². The van der Waals surface area contributed by atoms with Crippen LogP contribution in [0.4, 0.5) is 0 Å². The number of aliphatic hydroxyl groups is 2. The Balaban J connectivity index is 3.67. The van der Waals surface area contributed by atoms with Gasteiger partial charge in [0, 0.05) is 12.4 Å². The van der Waals surface area contributed by atoms with Crippen molar-refractivity contribution in [2.75, 3.05) is 24.7 Å². The van der Waals surface area contributed by atoms with Crippen molar-refractivity contribution in [3.8, 4) is 0 Å². The highest BCUT2D eigenvalue weighted by Gasteiger charge is 2.19. The number of hydrogen-bond donors (Lipinski definition) is 2. The van der Waals surface area contributed by atoms with E-state index < -0.39 is 6.10 Å². The summed E-state index contributed by atoms with van der Waals surface area (Å²) in [5.74, 6) is 1.54. The monoisotopic (exact) mass is 278 g/mol. The van der Waals surface area contributed by atoms with Crippen LogP contribution in [0.5, 0.6) is 0 Å². The standard InChI is InChI=1S/C14H30O3S/c1-13(2,3)6-8-17-14(4,5)7-9-18-11-12(16)10-15/h12,15-16H,6-11H2,1-5H3. The van der Waals surface area contributed by atoms with Gasteiger partial charge >= 0.3 is 0 Å². The summed E-state index contributed by atoms with van der Waals surface area (Å²) in [6.45, 7) is 11.5. The van der Waals surface area contributed by atoms with Crippen LogP contribution in [-0.4, -0.2) is 46.6 Å². The lowest BCUT2D eigenvalue weighted by atomic mass is 9.93. The lowest BCUT2D eigenvalue weighted by Gasteiger charge is -2.27. The molecule has 0 aliphatic heterocycles. The molecule has 0 aromatic carbocycles. The van der Waals surface area contributed by atoms with Gasteiger partial charge in [0.2, 0.25) is 0 Å². The SMILES string of the molecule is CC(C)(C)CCOC(C)(C)CCSCC(O)CO. The van der Waals surface area contributed by atoms with Gasteiger partial charge in [-0.05, 0) is 37.9 Å². The third-order valence-corrected chi connectivity index (χ3v) is 3.83. The maximum absolute atomic E-state index is 9.22. The van der Waals surface area contributed by atoms with E-state index in [-0.39, 0.29) is 12.2 Å². The predicted molar refractivity (Wildman–Crippen MR) is 79.1 cm³/mol. The van der Waals surface area contributed by atoms with Gasteiger partial charge in [0.15, 0.2) is 0 Å². The minimum absolute atomic E-state index is 0.109. The Morgan fingerprint density at radius 1 is 1.11 bits per heavy atom. The van der Waals surface area contributed by atoms with Crippen LogP contribution < -0.4 is 0 Å². The summed E-state index contributed by atoms with van der Waals surface area (Å²) in [6, 6.07) is 0. The second-order valence-corrected chi connectivity index (χ2v) is 7.73. The van der Waals surface area contributed by atoms with Gasteiger partial charge in [0.1, 0.15) is 0 Å². The van der Waals surface area contributed by atoms with Crippen molar-refractivity contribution < 1.29 is 14.9 Å². The first-order valence-electron chi connectivity index (χ1n) is 6.67. The van der Waals surface area contributed by atoms with Crippen molar-refractivity contribution in [2.45, 2.75) is 59.2 Å². The molecule has 0 aliphatic carbocycles. The minimum Gasteiger partial charge on any atom is -0.394 e. The van der Waals surface area contributed by atoms with Gasteiger partial charge in [-0.1, -0.05) is 20.8 Å². The summed E-state index contributed by atoms with van der Waals surface area (Å²) < 4.78 is 5.91. The molecule has 1 atom stereocenters. The van der Waals surface area contributed by atoms with Gasteiger partial charge in [-0.15, -0.1) is 0 Å². The Morgan fingerprint density at radius 2 is 1.72 bits per heavy atom. The summed E-state index contributed by atoms with van der Waals surface area (Å²) in [5.41, 5.74) is 0.207. The normalized spacial score (nSPS) is 14.8. The molecule has 0 fully saturated rings. The second-order valence-electron chi connectivity index (χ2n) is 6.58. The molecule has 1 unspecified atom stereocenters. The second kappa shape index (κ2) is 8.41. The average molecular weight is 278 g/mol. The van der Waals surface area contributed by atoms with Crippen LogP contribution in [0.25, 0.3) is 0 Å². The van der Waals surface area contributed by atoms with Gasteiger partial charge in [0.25, 0.3) is 0 Å². The number of thioether (sulfide) groups is 1. The highest BCUT2D eigenvalue weighted by atomic mass is 32.2. The maximum atomic E-state index is 9.22. The molecule has 0 aromatic rings. The highest BCUT2D eigenvalue weighted by Crippen LogP contribution is 2.23. The van der Waals surface area contributed by atoms with E-state index in [0.29, 0.717) is 11.2 Å². The molecule has 0 radical (unpaired) electrons. The molecule has 4 heteroatoms. The molecule has 2 N–H and O–H groups in total. The van der Waals surface area contributed by atoms with Gasteiger partial charge in [-0.3, -0.25) is 0 Å². The fourth-order valence-corrected chi connectivity index (χ4v) is 2.48. The first kappa shape index (κ1) is 18.2. The zero-order chi connectivity index (χ0) is 14.2. The molecule has 0 saturated heterocycles. The van der Waals surface area contributed by atoms with Crippen molar-refractivity contribution in [3.05, 3.63) is 0 Å². The van der Waals surface area contributed by atoms with Crippen LogP contribution in [0.15, 0.2) is 0 Å². The number of hydrogen-bond acceptors (Lipinski definition) is 4. The van der Waals surface area contributed by atoms with Crippen LogP contribution in [-0.2, 0) is 4.74 Å². The van der Waals surface area contributed by atoms with Crippen LogP contribution in [0.2, 0.25) is 0 Å². The van der Waals surface area contributed by atoms with E-state index in [1.54, 1.807) is 11.8 Å². The topological polar surface area (TPSA) is 49.7 Å². The van der Waals surface area contributed by atoms with E-state index >= 15 is 0 Å². The zero-order valence-corrected chi connectivity index (χ0v) is 13.3. The average Bonchev–Trinajstić information content (AvgIpc) is 2.21. The largest absolute Gasteiger partial charge is 0.394 e. The Bertz CT molecular complexity index is 212. The fourth-order valence-electron chi connectivity index (χ4n) is 1.30. The molecule has 0 aromatic heterocycles. The Labute approximate surface area is 116 Å². The van der Waals surface area contributed by atoms with Gasteiger partial charge < -0.3 is 14.9 Å². The molecule has 0 amide bonds. The molecule has 0 rings (SSSR count). The molecule has 0 heterocycles. The summed E-state index contributed by atoms with van der Waals surface area (Å²) in [7, 11) is 0. The smallest absolute Gasteiger partial charge is 0.0861 e. The molecule has 0 aliphatic rings. The Hall–Kier alpha value is 0.230. The van der Waals surface area contributed by atoms with Crippen LogP contribution in [0, 0.1) is 5.41 Å². The maximum Gasteiger partial charge on any atom is 0.0861 e. The summed E-state index contributed by atoms with van der Waals surface area (Å²) >= 11 is 1.66. The Kier molecular flexibility index (Phi) is 8.52. The third kappa shape index (κ3) is 11.3. The first-order chi connectivity index (χ1) is 8.16. The number of ether oxygens (including phenoxy) is 1. The summed E-state index contributed by atoms with van der Waals surface area (Å²) in [6.07, 6.45) is 1.42.